The Morgan fingerprint density at radius 3 is 3.06 bits per heavy atom. The molecular formula is C13H11N3O. The van der Waals surface area contributed by atoms with E-state index >= 15 is 0 Å². The van der Waals surface area contributed by atoms with E-state index in [1.165, 1.54) is 0 Å². The number of benzene rings is 1. The molecule has 4 nitrogen and oxygen atoms in total. The number of amides is 1. The van der Waals surface area contributed by atoms with Gasteiger partial charge in [-0.1, -0.05) is 12.1 Å². The Morgan fingerprint density at radius 1 is 1.47 bits per heavy atom. The molecule has 0 saturated carbocycles. The summed E-state index contributed by atoms with van der Waals surface area (Å²) in [5.41, 5.74) is 3.22. The number of aryl methyl sites for hydroxylation is 1. The predicted octanol–water partition coefficient (Wildman–Crippen LogP) is 1.34. The number of hydrogen-bond acceptors (Lipinski definition) is 2. The maximum atomic E-state index is 11.9. The van der Waals surface area contributed by atoms with E-state index in [0.717, 1.165) is 28.6 Å². The predicted molar refractivity (Wildman–Crippen MR) is 63.7 cm³/mol. The molecule has 0 fully saturated rings. The zero-order valence-corrected chi connectivity index (χ0v) is 9.45. The van der Waals surface area contributed by atoms with Gasteiger partial charge in [0, 0.05) is 31.1 Å². The quantitative estimate of drug-likeness (QED) is 0.735. The lowest BCUT2D eigenvalue weighted by Crippen LogP contribution is -2.32. The Balaban J connectivity index is 2.50. The molecule has 0 radical (unpaired) electrons. The molecule has 0 unspecified atom stereocenters. The van der Waals surface area contributed by atoms with Crippen molar-refractivity contribution in [2.45, 2.75) is 6.42 Å². The molecule has 0 atom stereocenters. The molecular weight excluding hydrogens is 214 g/mol. The van der Waals surface area contributed by atoms with Crippen LogP contribution < -0.4 is 5.32 Å². The molecule has 1 aliphatic rings. The van der Waals surface area contributed by atoms with E-state index in [-0.39, 0.29) is 5.91 Å². The van der Waals surface area contributed by atoms with Crippen LogP contribution in [-0.2, 0) is 13.5 Å². The average Bonchev–Trinajstić information content (AvgIpc) is 2.65. The van der Waals surface area contributed by atoms with Crippen molar-refractivity contribution in [1.29, 1.82) is 5.26 Å². The van der Waals surface area contributed by atoms with E-state index in [2.05, 4.69) is 11.4 Å². The molecule has 4 heteroatoms. The number of para-hydroxylation sites is 1. The summed E-state index contributed by atoms with van der Waals surface area (Å²) >= 11 is 0. The van der Waals surface area contributed by atoms with Gasteiger partial charge in [0.1, 0.15) is 6.07 Å². The smallest absolute Gasteiger partial charge is 0.253 e. The molecule has 1 aliphatic heterocycles. The van der Waals surface area contributed by atoms with E-state index in [0.29, 0.717) is 12.1 Å². The van der Waals surface area contributed by atoms with Crippen LogP contribution in [0.5, 0.6) is 0 Å². The number of fused-ring (bicyclic) bond motifs is 3. The average molecular weight is 225 g/mol. The fourth-order valence-electron chi connectivity index (χ4n) is 2.58. The van der Waals surface area contributed by atoms with E-state index < -0.39 is 0 Å². The molecule has 3 rings (SSSR count). The van der Waals surface area contributed by atoms with Gasteiger partial charge < -0.3 is 9.88 Å². The third-order valence-corrected chi connectivity index (χ3v) is 3.33. The highest BCUT2D eigenvalue weighted by molar-refractivity contribution is 6.10. The first-order chi connectivity index (χ1) is 8.24. The van der Waals surface area contributed by atoms with Gasteiger partial charge in [0.05, 0.1) is 16.6 Å². The second kappa shape index (κ2) is 3.36. The first-order valence-corrected chi connectivity index (χ1v) is 5.52. The molecule has 0 spiro atoms. The maximum Gasteiger partial charge on any atom is 0.253 e. The van der Waals surface area contributed by atoms with Crippen LogP contribution in [0.4, 0.5) is 0 Å². The summed E-state index contributed by atoms with van der Waals surface area (Å²) in [4.78, 5) is 11.9. The van der Waals surface area contributed by atoms with Crippen molar-refractivity contribution in [1.82, 2.24) is 9.88 Å². The molecule has 1 aromatic carbocycles. The van der Waals surface area contributed by atoms with Gasteiger partial charge in [0.15, 0.2) is 0 Å². The minimum absolute atomic E-state index is 0.0352. The molecule has 2 heterocycles. The summed E-state index contributed by atoms with van der Waals surface area (Å²) in [6.07, 6.45) is 0.817. The lowest BCUT2D eigenvalue weighted by atomic mass is 10.0. The monoisotopic (exact) mass is 225 g/mol. The number of nitrogens with one attached hydrogen (secondary N) is 1. The summed E-state index contributed by atoms with van der Waals surface area (Å²) in [5.74, 6) is -0.0352. The number of hydrogen-bond donors (Lipinski definition) is 1. The topological polar surface area (TPSA) is 57.8 Å². The molecule has 1 amide bonds. The van der Waals surface area contributed by atoms with E-state index in [9.17, 15) is 4.79 Å². The summed E-state index contributed by atoms with van der Waals surface area (Å²) in [7, 11) is 1.92. The summed E-state index contributed by atoms with van der Waals surface area (Å²) in [5, 5.41) is 12.8. The largest absolute Gasteiger partial charge is 0.352 e. The van der Waals surface area contributed by atoms with E-state index in [1.54, 1.807) is 6.07 Å². The van der Waals surface area contributed by atoms with Crippen LogP contribution in [0.25, 0.3) is 10.9 Å². The molecule has 1 aromatic heterocycles. The van der Waals surface area contributed by atoms with Crippen LogP contribution >= 0.6 is 0 Å². The number of nitrogens with zero attached hydrogens (tertiary/aromatic N) is 2. The van der Waals surface area contributed by atoms with Crippen molar-refractivity contribution in [2.75, 3.05) is 6.54 Å². The van der Waals surface area contributed by atoms with Crippen LogP contribution in [0.2, 0.25) is 0 Å². The number of carbonyl (C=O) groups excluding carboxylic acids is 1. The van der Waals surface area contributed by atoms with E-state index in [4.69, 9.17) is 5.26 Å². The number of rotatable bonds is 0. The standard InChI is InChI=1S/C13H11N3O/c1-16-10-5-6-15-13(17)11(10)9-4-2-3-8(7-14)12(9)16/h2-4H,5-6H2,1H3,(H,15,17). The van der Waals surface area contributed by atoms with Crippen LogP contribution in [0, 0.1) is 11.3 Å². The van der Waals surface area contributed by atoms with Crippen LogP contribution in [-0.4, -0.2) is 17.0 Å². The molecule has 84 valence electrons. The van der Waals surface area contributed by atoms with Gasteiger partial charge >= 0.3 is 0 Å². The first kappa shape index (κ1) is 9.91. The molecule has 2 aromatic rings. The molecule has 0 saturated heterocycles. The van der Waals surface area contributed by atoms with Crippen LogP contribution in [0.1, 0.15) is 21.6 Å². The fourth-order valence-corrected chi connectivity index (χ4v) is 2.58. The zero-order valence-electron chi connectivity index (χ0n) is 9.45. The van der Waals surface area contributed by atoms with Crippen molar-refractivity contribution in [3.05, 3.63) is 35.0 Å². The van der Waals surface area contributed by atoms with Crippen molar-refractivity contribution >= 4 is 16.8 Å². The maximum absolute atomic E-state index is 11.9. The van der Waals surface area contributed by atoms with Gasteiger partial charge in [-0.2, -0.15) is 5.26 Å². The molecule has 1 N–H and O–H groups in total. The Labute approximate surface area is 98.5 Å². The minimum atomic E-state index is -0.0352. The summed E-state index contributed by atoms with van der Waals surface area (Å²) in [6, 6.07) is 7.69. The lowest BCUT2D eigenvalue weighted by Gasteiger charge is -2.14. The van der Waals surface area contributed by atoms with Crippen molar-refractivity contribution in [3.63, 3.8) is 0 Å². The molecule has 0 bridgehead atoms. The Bertz CT molecular complexity index is 676. The van der Waals surface area contributed by atoms with Gasteiger partial charge in [0.25, 0.3) is 5.91 Å². The van der Waals surface area contributed by atoms with Gasteiger partial charge in [-0.15, -0.1) is 0 Å². The third kappa shape index (κ3) is 1.19. The summed E-state index contributed by atoms with van der Waals surface area (Å²) in [6.45, 7) is 0.665. The van der Waals surface area contributed by atoms with E-state index in [1.807, 2.05) is 23.7 Å². The number of nitriles is 1. The summed E-state index contributed by atoms with van der Waals surface area (Å²) < 4.78 is 1.97. The van der Waals surface area contributed by atoms with Crippen LogP contribution in [0.3, 0.4) is 0 Å². The highest BCUT2D eigenvalue weighted by Gasteiger charge is 2.25. The van der Waals surface area contributed by atoms with Gasteiger partial charge in [0.2, 0.25) is 0 Å². The Hall–Kier alpha value is -2.28. The highest BCUT2D eigenvalue weighted by atomic mass is 16.1. The highest BCUT2D eigenvalue weighted by Crippen LogP contribution is 2.29. The SMILES string of the molecule is Cn1c2c(c3cccc(C#N)c31)C(=O)NCC2. The Morgan fingerprint density at radius 2 is 2.29 bits per heavy atom. The fraction of sp³-hybridized carbons (Fsp3) is 0.231. The van der Waals surface area contributed by atoms with Crippen molar-refractivity contribution in [3.8, 4) is 6.07 Å². The second-order valence-corrected chi connectivity index (χ2v) is 4.20. The Kier molecular flexibility index (Phi) is 1.96. The van der Waals surface area contributed by atoms with Gasteiger partial charge in [-0.3, -0.25) is 4.79 Å². The van der Waals surface area contributed by atoms with Gasteiger partial charge in [-0.25, -0.2) is 0 Å². The lowest BCUT2D eigenvalue weighted by molar-refractivity contribution is 0.0947. The molecule has 17 heavy (non-hydrogen) atoms. The van der Waals surface area contributed by atoms with Gasteiger partial charge in [-0.05, 0) is 6.07 Å². The second-order valence-electron chi connectivity index (χ2n) is 4.20. The zero-order chi connectivity index (χ0) is 12.0. The van der Waals surface area contributed by atoms with Crippen molar-refractivity contribution < 1.29 is 4.79 Å². The number of carbonyl (C=O) groups is 1. The van der Waals surface area contributed by atoms with Crippen molar-refractivity contribution in [2.24, 2.45) is 7.05 Å². The molecule has 0 aliphatic carbocycles. The normalized spacial score (nSPS) is 14.2. The van der Waals surface area contributed by atoms with Crippen LogP contribution in [0.15, 0.2) is 18.2 Å². The minimum Gasteiger partial charge on any atom is -0.352 e. The number of aromatic nitrogens is 1. The third-order valence-electron chi connectivity index (χ3n) is 3.33. The first-order valence-electron chi connectivity index (χ1n) is 5.52.